The third kappa shape index (κ3) is 3.64. The highest BCUT2D eigenvalue weighted by molar-refractivity contribution is 5.28. The zero-order valence-corrected chi connectivity index (χ0v) is 12.1. The zero-order chi connectivity index (χ0) is 14.4. The maximum absolute atomic E-state index is 14.3. The molecule has 3 heteroatoms. The predicted molar refractivity (Wildman–Crippen MR) is 80.1 cm³/mol. The molecule has 0 radical (unpaired) electrons. The summed E-state index contributed by atoms with van der Waals surface area (Å²) in [4.78, 5) is 4.34. The molecule has 1 aromatic heterocycles. The Hall–Kier alpha value is -1.74. The van der Waals surface area contributed by atoms with Crippen molar-refractivity contribution in [2.45, 2.75) is 32.7 Å². The number of benzene rings is 1. The van der Waals surface area contributed by atoms with E-state index in [0.29, 0.717) is 12.0 Å². The zero-order valence-electron chi connectivity index (χ0n) is 12.1. The summed E-state index contributed by atoms with van der Waals surface area (Å²) in [5, 5.41) is 3.42. The molecule has 0 saturated carbocycles. The fourth-order valence-electron chi connectivity index (χ4n) is 2.28. The molecule has 1 aromatic carbocycles. The summed E-state index contributed by atoms with van der Waals surface area (Å²) in [6, 6.07) is 11.4. The summed E-state index contributed by atoms with van der Waals surface area (Å²) < 4.78 is 14.3. The van der Waals surface area contributed by atoms with E-state index >= 15 is 0 Å². The second kappa shape index (κ2) is 7.15. The number of halogens is 1. The second-order valence-corrected chi connectivity index (χ2v) is 5.01. The fraction of sp³-hybridized carbons (Fsp3) is 0.353. The van der Waals surface area contributed by atoms with Gasteiger partial charge in [-0.1, -0.05) is 31.2 Å². The number of nitrogens with zero attached hydrogens (tertiary/aromatic N) is 1. The summed E-state index contributed by atoms with van der Waals surface area (Å²) in [6.45, 7) is 4.78. The Morgan fingerprint density at radius 1 is 1.20 bits per heavy atom. The average Bonchev–Trinajstić information content (AvgIpc) is 2.48. The van der Waals surface area contributed by atoms with Gasteiger partial charge in [-0.15, -0.1) is 0 Å². The molecule has 1 atom stereocenters. The summed E-state index contributed by atoms with van der Waals surface area (Å²) in [5.41, 5.74) is 2.39. The lowest BCUT2D eigenvalue weighted by molar-refractivity contribution is 0.491. The smallest absolute Gasteiger partial charge is 0.130 e. The predicted octanol–water partition coefficient (Wildman–Crippen LogP) is 3.81. The lowest BCUT2D eigenvalue weighted by Gasteiger charge is -2.20. The summed E-state index contributed by atoms with van der Waals surface area (Å²) in [5.74, 6) is -0.114. The molecule has 0 spiro atoms. The average molecular weight is 272 g/mol. The van der Waals surface area contributed by atoms with Gasteiger partial charge in [-0.25, -0.2) is 4.39 Å². The maximum atomic E-state index is 14.3. The molecular weight excluding hydrogens is 251 g/mol. The van der Waals surface area contributed by atoms with Gasteiger partial charge in [-0.05, 0) is 37.6 Å². The van der Waals surface area contributed by atoms with Crippen LogP contribution in [0.4, 0.5) is 4.39 Å². The molecule has 0 saturated heterocycles. The third-order valence-corrected chi connectivity index (χ3v) is 3.38. The van der Waals surface area contributed by atoms with Gasteiger partial charge in [0.15, 0.2) is 0 Å². The molecule has 0 aliphatic carbocycles. The van der Waals surface area contributed by atoms with Crippen LogP contribution in [0.3, 0.4) is 0 Å². The Morgan fingerprint density at radius 2 is 2.05 bits per heavy atom. The minimum Gasteiger partial charge on any atom is -0.310 e. The van der Waals surface area contributed by atoms with Crippen LogP contribution in [0.1, 0.15) is 36.2 Å². The van der Waals surface area contributed by atoms with Crippen LogP contribution in [0.15, 0.2) is 42.6 Å². The second-order valence-electron chi connectivity index (χ2n) is 5.01. The van der Waals surface area contributed by atoms with Crippen molar-refractivity contribution >= 4 is 0 Å². The molecule has 106 valence electrons. The van der Waals surface area contributed by atoms with Crippen LogP contribution in [-0.2, 0) is 6.42 Å². The van der Waals surface area contributed by atoms with Crippen molar-refractivity contribution in [3.63, 3.8) is 0 Å². The fourth-order valence-corrected chi connectivity index (χ4v) is 2.28. The van der Waals surface area contributed by atoms with E-state index in [4.69, 9.17) is 0 Å². The van der Waals surface area contributed by atoms with Crippen LogP contribution < -0.4 is 5.32 Å². The first-order valence-electron chi connectivity index (χ1n) is 7.10. The van der Waals surface area contributed by atoms with Crippen molar-refractivity contribution in [3.8, 4) is 0 Å². The molecule has 2 aromatic rings. The molecular formula is C17H21FN2. The molecule has 0 bridgehead atoms. The van der Waals surface area contributed by atoms with Gasteiger partial charge >= 0.3 is 0 Å². The summed E-state index contributed by atoms with van der Waals surface area (Å²) in [7, 11) is 0. The van der Waals surface area contributed by atoms with Crippen LogP contribution in [0.2, 0.25) is 0 Å². The first kappa shape index (κ1) is 14.7. The Morgan fingerprint density at radius 3 is 2.75 bits per heavy atom. The molecule has 1 N–H and O–H groups in total. The Balaban J connectivity index is 2.25. The van der Waals surface area contributed by atoms with Gasteiger partial charge in [0, 0.05) is 29.9 Å². The SMILES string of the molecule is CCCNC(Cc1ccccn1)c1cccc(C)c1F. The van der Waals surface area contributed by atoms with E-state index in [1.165, 1.54) is 0 Å². The minimum atomic E-state index is -0.114. The van der Waals surface area contributed by atoms with Gasteiger partial charge in [0.2, 0.25) is 0 Å². The van der Waals surface area contributed by atoms with Crippen molar-refractivity contribution in [2.24, 2.45) is 0 Å². The molecule has 0 aliphatic heterocycles. The van der Waals surface area contributed by atoms with E-state index in [1.807, 2.05) is 30.3 Å². The Kier molecular flexibility index (Phi) is 5.24. The lowest BCUT2D eigenvalue weighted by atomic mass is 9.99. The van der Waals surface area contributed by atoms with Gasteiger partial charge in [0.05, 0.1) is 0 Å². The van der Waals surface area contributed by atoms with E-state index in [0.717, 1.165) is 24.2 Å². The first-order chi connectivity index (χ1) is 9.72. The number of hydrogen-bond donors (Lipinski definition) is 1. The molecule has 0 fully saturated rings. The van der Waals surface area contributed by atoms with Gasteiger partial charge in [0.1, 0.15) is 5.82 Å². The molecule has 1 unspecified atom stereocenters. The van der Waals surface area contributed by atoms with E-state index in [1.54, 1.807) is 19.2 Å². The molecule has 2 rings (SSSR count). The molecule has 20 heavy (non-hydrogen) atoms. The standard InChI is InChI=1S/C17H21FN2/c1-3-10-20-16(12-14-8-4-5-11-19-14)15-9-6-7-13(2)17(15)18/h4-9,11,16,20H,3,10,12H2,1-2H3. The van der Waals surface area contributed by atoms with Crippen LogP contribution >= 0.6 is 0 Å². The van der Waals surface area contributed by atoms with Gasteiger partial charge in [0.25, 0.3) is 0 Å². The lowest BCUT2D eigenvalue weighted by Crippen LogP contribution is -2.25. The number of hydrogen-bond acceptors (Lipinski definition) is 2. The Bertz CT molecular complexity index is 540. The highest BCUT2D eigenvalue weighted by Gasteiger charge is 2.17. The molecule has 1 heterocycles. The summed E-state index contributed by atoms with van der Waals surface area (Å²) >= 11 is 0. The number of rotatable bonds is 6. The van der Waals surface area contributed by atoms with Crippen LogP contribution in [0.25, 0.3) is 0 Å². The monoisotopic (exact) mass is 272 g/mol. The molecule has 0 amide bonds. The van der Waals surface area contributed by atoms with Crippen molar-refractivity contribution in [1.82, 2.24) is 10.3 Å². The highest BCUT2D eigenvalue weighted by atomic mass is 19.1. The third-order valence-electron chi connectivity index (χ3n) is 3.38. The van der Waals surface area contributed by atoms with Crippen LogP contribution in [0, 0.1) is 12.7 Å². The largest absolute Gasteiger partial charge is 0.310 e. The highest BCUT2D eigenvalue weighted by Crippen LogP contribution is 2.22. The van der Waals surface area contributed by atoms with E-state index in [9.17, 15) is 4.39 Å². The van der Waals surface area contributed by atoms with Gasteiger partial charge in [-0.3, -0.25) is 4.98 Å². The first-order valence-corrected chi connectivity index (χ1v) is 7.10. The molecule has 0 aliphatic rings. The maximum Gasteiger partial charge on any atom is 0.130 e. The van der Waals surface area contributed by atoms with Crippen LogP contribution in [-0.4, -0.2) is 11.5 Å². The normalized spacial score (nSPS) is 12.3. The van der Waals surface area contributed by atoms with Crippen molar-refractivity contribution in [3.05, 3.63) is 65.2 Å². The molecule has 2 nitrogen and oxygen atoms in total. The van der Waals surface area contributed by atoms with Crippen LogP contribution in [0.5, 0.6) is 0 Å². The number of aryl methyl sites for hydroxylation is 1. The van der Waals surface area contributed by atoms with Gasteiger partial charge in [-0.2, -0.15) is 0 Å². The number of nitrogens with one attached hydrogen (secondary N) is 1. The van der Waals surface area contributed by atoms with E-state index < -0.39 is 0 Å². The topological polar surface area (TPSA) is 24.9 Å². The van der Waals surface area contributed by atoms with Crippen molar-refractivity contribution < 1.29 is 4.39 Å². The van der Waals surface area contributed by atoms with Crippen molar-refractivity contribution in [1.29, 1.82) is 0 Å². The van der Waals surface area contributed by atoms with Gasteiger partial charge < -0.3 is 5.32 Å². The Labute approximate surface area is 120 Å². The number of pyridine rings is 1. The minimum absolute atomic E-state index is 0.0373. The van der Waals surface area contributed by atoms with E-state index in [2.05, 4.69) is 17.2 Å². The summed E-state index contributed by atoms with van der Waals surface area (Å²) in [6.07, 6.45) is 3.49. The van der Waals surface area contributed by atoms with Crippen molar-refractivity contribution in [2.75, 3.05) is 6.54 Å². The van der Waals surface area contributed by atoms with E-state index in [-0.39, 0.29) is 11.9 Å². The quantitative estimate of drug-likeness (QED) is 0.865. The number of aromatic nitrogens is 1.